The van der Waals surface area contributed by atoms with E-state index in [0.717, 1.165) is 101 Å². The predicted molar refractivity (Wildman–Crippen MR) is 205 cm³/mol. The highest BCUT2D eigenvalue weighted by atomic mass is 35.5. The van der Waals surface area contributed by atoms with Crippen molar-refractivity contribution in [2.45, 2.75) is 25.7 Å². The molecule has 0 aromatic carbocycles. The number of rotatable bonds is 10. The molecule has 0 radical (unpaired) electrons. The van der Waals surface area contributed by atoms with Gasteiger partial charge in [0.25, 0.3) is 0 Å². The quantitative estimate of drug-likeness (QED) is 0.0937. The average molecular weight is 928 g/mol. The Kier molecular flexibility index (Phi) is 22.6. The molecule has 12 fully saturated rings. The topological polar surface area (TPSA) is 13.0 Å². The monoisotopic (exact) mass is 924 g/mol. The number of hydrogen-bond acceptors (Lipinski definition) is 4. The van der Waals surface area contributed by atoms with Crippen LogP contribution >= 0.6 is 23.2 Å². The van der Waals surface area contributed by atoms with Crippen molar-refractivity contribution in [3.8, 4) is 0 Å². The van der Waals surface area contributed by atoms with Crippen molar-refractivity contribution in [3.63, 3.8) is 0 Å². The molecule has 0 atom stereocenters. The van der Waals surface area contributed by atoms with E-state index in [2.05, 4.69) is 51.3 Å². The Labute approximate surface area is 371 Å². The Morgan fingerprint density at radius 1 is 0.554 bits per heavy atom. The minimum absolute atomic E-state index is 0. The first-order chi connectivity index (χ1) is 24.5. The normalized spacial score (nSPS) is 36.7. The highest BCUT2D eigenvalue weighted by molar-refractivity contribution is 6.27. The summed E-state index contributed by atoms with van der Waals surface area (Å²) in [5, 5.41) is -3.96. The third kappa shape index (κ3) is 15.5. The molecule has 0 unspecified atom stereocenters. The number of halogens is 10. The van der Waals surface area contributed by atoms with Crippen molar-refractivity contribution in [1.29, 1.82) is 0 Å². The maximum absolute atomic E-state index is 13.9. The van der Waals surface area contributed by atoms with E-state index < -0.39 is 16.1 Å². The molecule has 0 aromatic heterocycles. The average Bonchev–Trinajstić information content (AvgIpc) is 3.10. The van der Waals surface area contributed by atoms with E-state index in [0.29, 0.717) is 0 Å². The lowest BCUT2D eigenvalue weighted by Gasteiger charge is -2.57. The smallest absolute Gasteiger partial charge is 0.322 e. The number of alkyl halides is 4. The van der Waals surface area contributed by atoms with Crippen LogP contribution in [0, 0.1) is 5.41 Å². The Hall–Kier alpha value is 0.620. The van der Waals surface area contributed by atoms with Gasteiger partial charge in [-0.15, -0.1) is 0 Å². The summed E-state index contributed by atoms with van der Waals surface area (Å²) in [6, 6.07) is 0. The van der Waals surface area contributed by atoms with Crippen molar-refractivity contribution >= 4 is 23.2 Å². The zero-order valence-corrected chi connectivity index (χ0v) is 38.5. The third-order valence-electron chi connectivity index (χ3n) is 13.9. The van der Waals surface area contributed by atoms with Gasteiger partial charge in [0, 0.05) is 90.5 Å². The SMILES string of the molecule is C=C(C[N+]12CCN(CC1)CC2)C[N+]12CCN(CC1)CC2.C=C(F)Cl.CC(CC(F)(F)Cl)(C[N+]12CCN(CC1)CC2)C[N+]12CCN(CC1)CC2.CCF.[Cl-].[Cl-].[Cl-].[Cl-]. The lowest BCUT2D eigenvalue weighted by atomic mass is 9.82. The molecule has 0 aliphatic carbocycles. The summed E-state index contributed by atoms with van der Waals surface area (Å²) in [5.74, 6) is 0. The van der Waals surface area contributed by atoms with Crippen molar-refractivity contribution in [2.24, 2.45) is 5.41 Å². The van der Waals surface area contributed by atoms with Gasteiger partial charge in [-0.25, -0.2) is 0 Å². The summed E-state index contributed by atoms with van der Waals surface area (Å²) < 4.78 is 53.5. The first-order valence-electron chi connectivity index (χ1n) is 20.1. The highest BCUT2D eigenvalue weighted by Crippen LogP contribution is 2.41. The predicted octanol–water partition coefficient (Wildman–Crippen LogP) is -8.00. The minimum Gasteiger partial charge on any atom is -1.00 e. The maximum atomic E-state index is 13.9. The molecular weight excluding hydrogens is 857 g/mol. The molecule has 12 heterocycles. The Morgan fingerprint density at radius 2 is 0.750 bits per heavy atom. The highest BCUT2D eigenvalue weighted by Gasteiger charge is 2.52. The van der Waals surface area contributed by atoms with E-state index in [1.54, 1.807) is 0 Å². The van der Waals surface area contributed by atoms with Crippen molar-refractivity contribution < 1.29 is 85.1 Å². The molecule has 12 saturated heterocycles. The summed E-state index contributed by atoms with van der Waals surface area (Å²) in [7, 11) is 0. The lowest BCUT2D eigenvalue weighted by Crippen LogP contribution is -3.00. The van der Waals surface area contributed by atoms with Gasteiger partial charge in [0.1, 0.15) is 13.1 Å². The van der Waals surface area contributed by atoms with Crippen LogP contribution < -0.4 is 49.6 Å². The molecule has 56 heavy (non-hydrogen) atoms. The first-order valence-corrected chi connectivity index (χ1v) is 20.9. The number of piperazine rings is 12. The Bertz CT molecular complexity index is 1060. The van der Waals surface area contributed by atoms with E-state index in [-0.39, 0.29) is 62.7 Å². The molecule has 0 aromatic rings. The molecule has 12 rings (SSSR count). The van der Waals surface area contributed by atoms with Crippen LogP contribution in [0.4, 0.5) is 17.6 Å². The van der Waals surface area contributed by atoms with Crippen LogP contribution in [0.2, 0.25) is 0 Å². The summed E-state index contributed by atoms with van der Waals surface area (Å²) in [6.07, 6.45) is -0.186. The molecule has 12 aliphatic heterocycles. The van der Waals surface area contributed by atoms with Gasteiger partial charge in [0.05, 0.1) is 104 Å². The summed E-state index contributed by atoms with van der Waals surface area (Å²) in [5.41, 5.74) is 1.14. The van der Waals surface area contributed by atoms with Crippen LogP contribution in [0.15, 0.2) is 24.0 Å². The van der Waals surface area contributed by atoms with Crippen molar-refractivity contribution in [1.82, 2.24) is 19.6 Å². The Morgan fingerprint density at radius 3 is 0.946 bits per heavy atom. The number of fused-ring (bicyclic) bond motifs is 12. The van der Waals surface area contributed by atoms with Crippen LogP contribution in [-0.2, 0) is 0 Å². The third-order valence-corrected chi connectivity index (χ3v) is 14.0. The number of hydrogen-bond donors (Lipinski definition) is 0. The number of quaternary nitrogens is 4. The fourth-order valence-corrected chi connectivity index (χ4v) is 11.5. The second kappa shape index (κ2) is 23.2. The van der Waals surface area contributed by atoms with Crippen LogP contribution in [-0.4, -0.2) is 233 Å². The first kappa shape index (κ1) is 54.6. The molecule has 8 bridgehead atoms. The molecule has 332 valence electrons. The molecule has 18 heteroatoms. The summed E-state index contributed by atoms with van der Waals surface area (Å²) in [4.78, 5) is 10.3. The van der Waals surface area contributed by atoms with Gasteiger partial charge < -0.3 is 67.6 Å². The molecular formula is C38H70Cl6F4N8. The van der Waals surface area contributed by atoms with Gasteiger partial charge in [-0.1, -0.05) is 24.8 Å². The van der Waals surface area contributed by atoms with Gasteiger partial charge in [-0.3, -0.25) is 24.0 Å². The fraction of sp³-hybridized carbons (Fsp3) is 0.895. The van der Waals surface area contributed by atoms with Gasteiger partial charge in [-0.2, -0.15) is 13.2 Å². The molecule has 0 amide bonds. The molecule has 8 nitrogen and oxygen atoms in total. The molecule has 12 aliphatic rings. The van der Waals surface area contributed by atoms with Gasteiger partial charge in [0.15, 0.2) is 5.29 Å². The summed E-state index contributed by atoms with van der Waals surface area (Å²) >= 11 is 9.90. The van der Waals surface area contributed by atoms with E-state index in [9.17, 15) is 17.6 Å². The standard InChI is InChI=1S/C18H33ClF2N4.C16H30N4.C2H2ClF.C2H5F.4ClH/c1-17(14-18(19,20)21,15-24-8-2-22(3-9-24)4-10-24)16-25-11-5-23(6-12-25)7-13-25;1-16(14-19-8-2-17(3-9-19)4-10-19)15-20-11-5-18(6-12-20)7-13-20;1-2(3)4;1-2-3;;;;/h2-16H2,1H3;1-15H2;1H2;2H2,1H3;4*1H/q2*+2;;;;;;/p-4. The number of nitrogens with zero attached hydrogens (tertiary/aromatic N) is 8. The van der Waals surface area contributed by atoms with Crippen LogP contribution in [0.5, 0.6) is 0 Å². The summed E-state index contributed by atoms with van der Waals surface area (Å²) in [6.45, 7) is 44.4. The van der Waals surface area contributed by atoms with E-state index in [1.807, 2.05) is 0 Å². The lowest BCUT2D eigenvalue weighted by molar-refractivity contribution is -0.968. The largest absolute Gasteiger partial charge is 1.00 e. The zero-order valence-electron chi connectivity index (χ0n) is 34.0. The van der Waals surface area contributed by atoms with Crippen LogP contribution in [0.3, 0.4) is 0 Å². The second-order valence-electron chi connectivity index (χ2n) is 18.0. The maximum Gasteiger partial charge on any atom is 0.322 e. The fourth-order valence-electron chi connectivity index (χ4n) is 11.1. The minimum atomic E-state index is -3.10. The van der Waals surface area contributed by atoms with Crippen LogP contribution in [0.1, 0.15) is 20.3 Å². The van der Waals surface area contributed by atoms with Gasteiger partial charge in [-0.05, 0) is 25.4 Å². The van der Waals surface area contributed by atoms with Gasteiger partial charge in [0.2, 0.25) is 0 Å². The van der Waals surface area contributed by atoms with Gasteiger partial charge >= 0.3 is 5.38 Å². The molecule has 0 saturated carbocycles. The van der Waals surface area contributed by atoms with Crippen molar-refractivity contribution in [3.05, 3.63) is 24.0 Å². The molecule has 0 spiro atoms. The second-order valence-corrected chi connectivity index (χ2v) is 19.0. The van der Waals surface area contributed by atoms with E-state index >= 15 is 0 Å². The Balaban J connectivity index is 0.000000459. The molecule has 0 N–H and O–H groups in total. The van der Waals surface area contributed by atoms with Crippen molar-refractivity contribution in [2.75, 3.05) is 190 Å². The van der Waals surface area contributed by atoms with E-state index in [1.165, 1.54) is 113 Å². The zero-order chi connectivity index (χ0) is 37.7. The van der Waals surface area contributed by atoms with E-state index in [4.69, 9.17) is 11.6 Å². The van der Waals surface area contributed by atoms with Crippen LogP contribution in [0.25, 0.3) is 0 Å².